The minimum atomic E-state index is 0. The standard InChI is InChI=1S/C12H12.C8H16.C8H10.2CH3.2Y/c1-9-7-8-10(2)12-6-4-3-5-11(9)12;2*1-7-3-5-8(2)6-4-7;;;;/h3-8H,1-2H3;7-8H,3-6H2,1-2H3;3-6H,1-2H3;2*1H3;;/q;;;2*-1;;. The predicted molar refractivity (Wildman–Crippen MR) is 139 cm³/mol. The van der Waals surface area contributed by atoms with Crippen LogP contribution in [0.4, 0.5) is 0 Å². The van der Waals surface area contributed by atoms with Crippen molar-refractivity contribution in [3.8, 4) is 0 Å². The Kier molecular flexibility index (Phi) is 22.3. The Morgan fingerprint density at radius 3 is 1.06 bits per heavy atom. The topological polar surface area (TPSA) is 0 Å². The average molecular weight is 582 g/mol. The Labute approximate surface area is 250 Å². The largest absolute Gasteiger partial charge is 0.358 e. The third kappa shape index (κ3) is 13.1. The van der Waals surface area contributed by atoms with Gasteiger partial charge >= 0.3 is 0 Å². The molecule has 1 aliphatic rings. The second kappa shape index (κ2) is 19.4. The van der Waals surface area contributed by atoms with Crippen LogP contribution in [0.25, 0.3) is 10.8 Å². The van der Waals surface area contributed by atoms with E-state index in [0.717, 1.165) is 11.8 Å². The van der Waals surface area contributed by atoms with Crippen molar-refractivity contribution in [2.24, 2.45) is 11.8 Å². The first-order valence-corrected chi connectivity index (χ1v) is 10.8. The van der Waals surface area contributed by atoms with Gasteiger partial charge in [-0.3, -0.25) is 0 Å². The molecular formula is C30H44Y2-2. The van der Waals surface area contributed by atoms with Crippen molar-refractivity contribution in [2.75, 3.05) is 0 Å². The smallest absolute Gasteiger partial charge is 0 e. The summed E-state index contributed by atoms with van der Waals surface area (Å²) in [6.07, 6.45) is 5.89. The van der Waals surface area contributed by atoms with E-state index in [2.05, 4.69) is 102 Å². The molecule has 1 fully saturated rings. The minimum Gasteiger partial charge on any atom is -0.358 e. The number of aryl methyl sites for hydroxylation is 4. The van der Waals surface area contributed by atoms with Crippen molar-refractivity contribution >= 4 is 10.8 Å². The monoisotopic (exact) mass is 582 g/mol. The fourth-order valence-electron chi connectivity index (χ4n) is 3.66. The molecule has 3 aromatic carbocycles. The van der Waals surface area contributed by atoms with Crippen LogP contribution in [0.15, 0.2) is 60.7 Å². The van der Waals surface area contributed by atoms with Crippen LogP contribution in [0.3, 0.4) is 0 Å². The molecule has 0 spiro atoms. The maximum Gasteiger partial charge on any atom is 0 e. The molecular weight excluding hydrogens is 538 g/mol. The zero-order valence-corrected chi connectivity index (χ0v) is 27.6. The van der Waals surface area contributed by atoms with Crippen LogP contribution in [0.2, 0.25) is 0 Å². The van der Waals surface area contributed by atoms with Crippen LogP contribution in [0.5, 0.6) is 0 Å². The molecule has 0 nitrogen and oxygen atoms in total. The first kappa shape index (κ1) is 36.7. The molecule has 0 amide bonds. The summed E-state index contributed by atoms with van der Waals surface area (Å²) < 4.78 is 0. The van der Waals surface area contributed by atoms with Crippen LogP contribution in [0.1, 0.15) is 61.8 Å². The van der Waals surface area contributed by atoms with E-state index in [1.807, 2.05) is 0 Å². The molecule has 2 heteroatoms. The summed E-state index contributed by atoms with van der Waals surface area (Å²) in [5.41, 5.74) is 5.37. The van der Waals surface area contributed by atoms with E-state index in [9.17, 15) is 0 Å². The summed E-state index contributed by atoms with van der Waals surface area (Å²) >= 11 is 0. The quantitative estimate of drug-likeness (QED) is 0.232. The maximum absolute atomic E-state index is 2.37. The Morgan fingerprint density at radius 2 is 0.781 bits per heavy atom. The Hall–Kier alpha value is 0.128. The number of benzene rings is 3. The summed E-state index contributed by atoms with van der Waals surface area (Å²) in [5.74, 6) is 2.04. The van der Waals surface area contributed by atoms with E-state index in [0.29, 0.717) is 0 Å². The number of rotatable bonds is 0. The van der Waals surface area contributed by atoms with Crippen LogP contribution in [0, 0.1) is 54.4 Å². The summed E-state index contributed by atoms with van der Waals surface area (Å²) in [4.78, 5) is 0. The van der Waals surface area contributed by atoms with Crippen molar-refractivity contribution in [3.05, 3.63) is 97.8 Å². The Balaban J connectivity index is -0.000000382. The van der Waals surface area contributed by atoms with Gasteiger partial charge in [0, 0.05) is 65.4 Å². The van der Waals surface area contributed by atoms with Gasteiger partial charge in [0.2, 0.25) is 0 Å². The molecule has 1 saturated carbocycles. The van der Waals surface area contributed by atoms with E-state index >= 15 is 0 Å². The van der Waals surface area contributed by atoms with Crippen molar-refractivity contribution in [1.29, 1.82) is 0 Å². The van der Waals surface area contributed by atoms with Crippen LogP contribution in [-0.2, 0) is 65.4 Å². The molecule has 0 aliphatic heterocycles. The van der Waals surface area contributed by atoms with E-state index in [1.165, 1.54) is 58.7 Å². The minimum absolute atomic E-state index is 0. The van der Waals surface area contributed by atoms with Gasteiger partial charge in [-0.15, -0.1) is 0 Å². The van der Waals surface area contributed by atoms with Gasteiger partial charge in [-0.1, -0.05) is 111 Å². The normalized spacial score (nSPS) is 16.2. The van der Waals surface area contributed by atoms with E-state index in [-0.39, 0.29) is 80.3 Å². The van der Waals surface area contributed by atoms with E-state index < -0.39 is 0 Å². The van der Waals surface area contributed by atoms with Gasteiger partial charge in [0.15, 0.2) is 0 Å². The number of hydrogen-bond donors (Lipinski definition) is 0. The summed E-state index contributed by atoms with van der Waals surface area (Å²) in [6.45, 7) is 13.2. The van der Waals surface area contributed by atoms with Gasteiger partial charge < -0.3 is 14.9 Å². The van der Waals surface area contributed by atoms with Gasteiger partial charge in [-0.2, -0.15) is 0 Å². The van der Waals surface area contributed by atoms with Gasteiger partial charge in [-0.05, 0) is 61.4 Å². The molecule has 0 unspecified atom stereocenters. The fraction of sp³-hybridized carbons (Fsp3) is 0.400. The summed E-state index contributed by atoms with van der Waals surface area (Å²) in [6, 6.07) is 21.4. The van der Waals surface area contributed by atoms with Gasteiger partial charge in [0.05, 0.1) is 0 Å². The molecule has 2 radical (unpaired) electrons. The van der Waals surface area contributed by atoms with Crippen molar-refractivity contribution in [2.45, 2.75) is 67.2 Å². The number of fused-ring (bicyclic) bond motifs is 1. The van der Waals surface area contributed by atoms with Gasteiger partial charge in [0.1, 0.15) is 0 Å². The van der Waals surface area contributed by atoms with Crippen molar-refractivity contribution < 1.29 is 65.4 Å². The van der Waals surface area contributed by atoms with Gasteiger partial charge in [-0.25, -0.2) is 0 Å². The molecule has 32 heavy (non-hydrogen) atoms. The molecule has 0 bridgehead atoms. The zero-order chi connectivity index (χ0) is 20.5. The molecule has 0 N–H and O–H groups in total. The predicted octanol–water partition coefficient (Wildman–Crippen LogP) is 9.49. The first-order valence-electron chi connectivity index (χ1n) is 10.8. The fourth-order valence-corrected chi connectivity index (χ4v) is 3.66. The molecule has 4 rings (SSSR count). The Bertz CT molecular complexity index is 773. The van der Waals surface area contributed by atoms with E-state index in [4.69, 9.17) is 0 Å². The van der Waals surface area contributed by atoms with Crippen molar-refractivity contribution in [3.63, 3.8) is 0 Å². The first-order chi connectivity index (χ1) is 13.4. The molecule has 0 heterocycles. The number of hydrogen-bond acceptors (Lipinski definition) is 0. The maximum atomic E-state index is 2.37. The third-order valence-corrected chi connectivity index (χ3v) is 5.88. The third-order valence-electron chi connectivity index (χ3n) is 5.88. The average Bonchev–Trinajstić information content (AvgIpc) is 2.71. The van der Waals surface area contributed by atoms with Crippen LogP contribution >= 0.6 is 0 Å². The van der Waals surface area contributed by atoms with E-state index in [1.54, 1.807) is 0 Å². The molecule has 0 aromatic heterocycles. The zero-order valence-electron chi connectivity index (χ0n) is 21.9. The summed E-state index contributed by atoms with van der Waals surface area (Å²) in [5, 5.41) is 2.75. The molecule has 0 saturated heterocycles. The SMILES string of the molecule is CC1CCC(C)CC1.Cc1ccc(C)c2ccccc12.Cc1ccc(C)cc1.[CH3-].[CH3-].[Y].[Y]. The van der Waals surface area contributed by atoms with Crippen LogP contribution in [-0.4, -0.2) is 0 Å². The molecule has 172 valence electrons. The molecule has 1 aliphatic carbocycles. The van der Waals surface area contributed by atoms with Crippen LogP contribution < -0.4 is 0 Å². The second-order valence-corrected chi connectivity index (χ2v) is 8.76. The molecule has 3 aromatic rings. The second-order valence-electron chi connectivity index (χ2n) is 8.76. The molecule has 0 atom stereocenters. The van der Waals surface area contributed by atoms with Crippen molar-refractivity contribution in [1.82, 2.24) is 0 Å². The van der Waals surface area contributed by atoms with Gasteiger partial charge in [0.25, 0.3) is 0 Å². The summed E-state index contributed by atoms with van der Waals surface area (Å²) in [7, 11) is 0. The Morgan fingerprint density at radius 1 is 0.500 bits per heavy atom.